The number of aliphatic hydroxyl groups excluding tert-OH is 1. The maximum absolute atomic E-state index is 9.90. The van der Waals surface area contributed by atoms with Crippen molar-refractivity contribution >= 4 is 5.69 Å². The standard InChI is InChI=1S/C13H21NO2/c1-9(2)10(3)16-8-13(15)11-5-4-6-12(14)7-11/h4-7,9-10,13,15H,8,14H2,1-3H3. The third-order valence-corrected chi connectivity index (χ3v) is 2.75. The van der Waals surface area contributed by atoms with Crippen molar-refractivity contribution in [3.8, 4) is 0 Å². The zero-order valence-corrected chi connectivity index (χ0v) is 10.2. The van der Waals surface area contributed by atoms with Crippen LogP contribution < -0.4 is 5.73 Å². The van der Waals surface area contributed by atoms with Crippen LogP contribution in [-0.2, 0) is 4.74 Å². The lowest BCUT2D eigenvalue weighted by Crippen LogP contribution is -2.19. The van der Waals surface area contributed by atoms with E-state index >= 15 is 0 Å². The van der Waals surface area contributed by atoms with Crippen molar-refractivity contribution in [3.05, 3.63) is 29.8 Å². The minimum absolute atomic E-state index is 0.149. The highest BCUT2D eigenvalue weighted by Crippen LogP contribution is 2.17. The largest absolute Gasteiger partial charge is 0.399 e. The molecule has 1 aromatic rings. The Bertz CT molecular complexity index is 325. The summed E-state index contributed by atoms with van der Waals surface area (Å²) < 4.78 is 5.57. The van der Waals surface area contributed by atoms with Gasteiger partial charge in [-0.15, -0.1) is 0 Å². The summed E-state index contributed by atoms with van der Waals surface area (Å²) in [7, 11) is 0. The molecule has 90 valence electrons. The first kappa shape index (κ1) is 13.0. The highest BCUT2D eigenvalue weighted by molar-refractivity contribution is 5.41. The molecule has 0 heterocycles. The van der Waals surface area contributed by atoms with E-state index in [1.807, 2.05) is 19.1 Å². The third-order valence-electron chi connectivity index (χ3n) is 2.75. The Morgan fingerprint density at radius 2 is 2.00 bits per heavy atom. The summed E-state index contributed by atoms with van der Waals surface area (Å²) in [5.41, 5.74) is 7.11. The molecule has 2 atom stereocenters. The Morgan fingerprint density at radius 1 is 1.31 bits per heavy atom. The molecule has 0 aliphatic heterocycles. The van der Waals surface area contributed by atoms with Gasteiger partial charge in [-0.3, -0.25) is 0 Å². The summed E-state index contributed by atoms with van der Waals surface area (Å²) >= 11 is 0. The van der Waals surface area contributed by atoms with Crippen LogP contribution in [0.2, 0.25) is 0 Å². The number of anilines is 1. The molecule has 0 saturated heterocycles. The fraction of sp³-hybridized carbons (Fsp3) is 0.538. The van der Waals surface area contributed by atoms with Gasteiger partial charge in [0.15, 0.2) is 0 Å². The Morgan fingerprint density at radius 3 is 2.56 bits per heavy atom. The van der Waals surface area contributed by atoms with Crippen molar-refractivity contribution in [2.75, 3.05) is 12.3 Å². The van der Waals surface area contributed by atoms with Crippen molar-refractivity contribution in [1.29, 1.82) is 0 Å². The Balaban J connectivity index is 2.49. The van der Waals surface area contributed by atoms with Gasteiger partial charge in [0, 0.05) is 5.69 Å². The van der Waals surface area contributed by atoms with E-state index in [2.05, 4.69) is 13.8 Å². The van der Waals surface area contributed by atoms with Crippen LogP contribution >= 0.6 is 0 Å². The average Bonchev–Trinajstić information content (AvgIpc) is 2.25. The number of nitrogen functional groups attached to an aromatic ring is 1. The molecule has 0 aromatic heterocycles. The lowest BCUT2D eigenvalue weighted by atomic mass is 10.1. The van der Waals surface area contributed by atoms with Crippen LogP contribution in [0.25, 0.3) is 0 Å². The summed E-state index contributed by atoms with van der Waals surface area (Å²) in [4.78, 5) is 0. The topological polar surface area (TPSA) is 55.5 Å². The first-order valence-corrected chi connectivity index (χ1v) is 5.65. The van der Waals surface area contributed by atoms with Gasteiger partial charge in [0.1, 0.15) is 6.10 Å². The minimum atomic E-state index is -0.607. The molecule has 3 N–H and O–H groups in total. The SMILES string of the molecule is CC(C)C(C)OCC(O)c1cccc(N)c1. The first-order valence-electron chi connectivity index (χ1n) is 5.65. The predicted molar refractivity (Wildman–Crippen MR) is 66.1 cm³/mol. The van der Waals surface area contributed by atoms with Gasteiger partial charge in [-0.2, -0.15) is 0 Å². The number of rotatable bonds is 5. The summed E-state index contributed by atoms with van der Waals surface area (Å²) in [6.45, 7) is 6.51. The van der Waals surface area contributed by atoms with Gasteiger partial charge in [-0.05, 0) is 30.5 Å². The molecule has 0 spiro atoms. The normalized spacial score (nSPS) is 15.1. The van der Waals surface area contributed by atoms with E-state index in [1.165, 1.54) is 0 Å². The van der Waals surface area contributed by atoms with Crippen LogP contribution in [0.3, 0.4) is 0 Å². The second kappa shape index (κ2) is 5.87. The molecule has 0 bridgehead atoms. The van der Waals surface area contributed by atoms with Gasteiger partial charge in [-0.25, -0.2) is 0 Å². The van der Waals surface area contributed by atoms with Crippen LogP contribution in [0.5, 0.6) is 0 Å². The molecule has 0 aliphatic rings. The first-order chi connectivity index (χ1) is 7.50. The number of hydrogen-bond donors (Lipinski definition) is 2. The number of aliphatic hydroxyl groups is 1. The van der Waals surface area contributed by atoms with Gasteiger partial charge in [0.05, 0.1) is 12.7 Å². The van der Waals surface area contributed by atoms with Gasteiger partial charge in [0.2, 0.25) is 0 Å². The lowest BCUT2D eigenvalue weighted by Gasteiger charge is -2.19. The van der Waals surface area contributed by atoms with E-state index in [-0.39, 0.29) is 6.10 Å². The monoisotopic (exact) mass is 223 g/mol. The Labute approximate surface area is 97.2 Å². The smallest absolute Gasteiger partial charge is 0.102 e. The molecule has 1 rings (SSSR count). The fourth-order valence-electron chi connectivity index (χ4n) is 1.30. The maximum Gasteiger partial charge on any atom is 0.102 e. The van der Waals surface area contributed by atoms with Gasteiger partial charge >= 0.3 is 0 Å². The lowest BCUT2D eigenvalue weighted by molar-refractivity contribution is -0.0206. The van der Waals surface area contributed by atoms with Crippen LogP contribution in [0.1, 0.15) is 32.4 Å². The molecular weight excluding hydrogens is 202 g/mol. The molecule has 0 saturated carbocycles. The summed E-state index contributed by atoms with van der Waals surface area (Å²) in [6.07, 6.45) is -0.458. The molecule has 0 fully saturated rings. The van der Waals surface area contributed by atoms with E-state index in [1.54, 1.807) is 12.1 Å². The predicted octanol–water partition coefficient (Wildman–Crippen LogP) is 2.36. The molecule has 3 heteroatoms. The van der Waals surface area contributed by atoms with E-state index in [9.17, 15) is 5.11 Å². The van der Waals surface area contributed by atoms with Crippen LogP contribution in [0, 0.1) is 5.92 Å². The number of hydrogen-bond acceptors (Lipinski definition) is 3. The van der Waals surface area contributed by atoms with Crippen LogP contribution in [-0.4, -0.2) is 17.8 Å². The Kier molecular flexibility index (Phi) is 4.77. The van der Waals surface area contributed by atoms with Crippen LogP contribution in [0.15, 0.2) is 24.3 Å². The third kappa shape index (κ3) is 3.83. The van der Waals surface area contributed by atoms with Gasteiger partial charge in [0.25, 0.3) is 0 Å². The maximum atomic E-state index is 9.90. The van der Waals surface area contributed by atoms with Crippen molar-refractivity contribution in [2.45, 2.75) is 33.0 Å². The zero-order chi connectivity index (χ0) is 12.1. The molecule has 0 radical (unpaired) electrons. The number of benzene rings is 1. The number of ether oxygens (including phenoxy) is 1. The second-order valence-corrected chi connectivity index (χ2v) is 4.47. The fourth-order valence-corrected chi connectivity index (χ4v) is 1.30. The quantitative estimate of drug-likeness (QED) is 0.753. The second-order valence-electron chi connectivity index (χ2n) is 4.47. The van der Waals surface area contributed by atoms with Crippen molar-refractivity contribution in [1.82, 2.24) is 0 Å². The summed E-state index contributed by atoms with van der Waals surface area (Å²) in [5.74, 6) is 0.452. The van der Waals surface area contributed by atoms with Crippen molar-refractivity contribution in [3.63, 3.8) is 0 Å². The highest BCUT2D eigenvalue weighted by atomic mass is 16.5. The molecular formula is C13H21NO2. The van der Waals surface area contributed by atoms with Gasteiger partial charge in [-0.1, -0.05) is 26.0 Å². The summed E-state index contributed by atoms with van der Waals surface area (Å²) in [6, 6.07) is 7.26. The molecule has 16 heavy (non-hydrogen) atoms. The summed E-state index contributed by atoms with van der Waals surface area (Å²) in [5, 5.41) is 9.90. The molecule has 0 amide bonds. The van der Waals surface area contributed by atoms with E-state index < -0.39 is 6.10 Å². The number of nitrogens with two attached hydrogens (primary N) is 1. The zero-order valence-electron chi connectivity index (χ0n) is 10.2. The van der Waals surface area contributed by atoms with E-state index in [4.69, 9.17) is 10.5 Å². The molecule has 0 aliphatic carbocycles. The molecule has 1 aromatic carbocycles. The molecule has 3 nitrogen and oxygen atoms in total. The van der Waals surface area contributed by atoms with Crippen molar-refractivity contribution in [2.24, 2.45) is 5.92 Å². The molecule has 2 unspecified atom stereocenters. The average molecular weight is 223 g/mol. The highest BCUT2D eigenvalue weighted by Gasteiger charge is 2.12. The van der Waals surface area contributed by atoms with Gasteiger partial charge < -0.3 is 15.6 Å². The van der Waals surface area contributed by atoms with E-state index in [0.29, 0.717) is 18.2 Å². The van der Waals surface area contributed by atoms with E-state index in [0.717, 1.165) is 5.56 Å². The Hall–Kier alpha value is -1.06. The van der Waals surface area contributed by atoms with Crippen molar-refractivity contribution < 1.29 is 9.84 Å². The minimum Gasteiger partial charge on any atom is -0.399 e. The van der Waals surface area contributed by atoms with Crippen LogP contribution in [0.4, 0.5) is 5.69 Å².